The molecular weight excluding hydrogens is 445 g/mol. The number of carboxylic acid groups (broad SMARTS) is 1. The number of ether oxygens (including phenoxy) is 2. The molecule has 0 radical (unpaired) electrons. The third-order valence-corrected chi connectivity index (χ3v) is 5.67. The van der Waals surface area contributed by atoms with Gasteiger partial charge >= 0.3 is 5.97 Å². The lowest BCUT2D eigenvalue weighted by Crippen LogP contribution is -2.30. The summed E-state index contributed by atoms with van der Waals surface area (Å²) in [5.74, 6) is -2.61. The Morgan fingerprint density at radius 3 is 2.26 bits per heavy atom. The number of carboxylic acids is 1. The van der Waals surface area contributed by atoms with E-state index in [0.29, 0.717) is 36.3 Å². The van der Waals surface area contributed by atoms with Gasteiger partial charge < -0.3 is 24.6 Å². The number of rotatable bonds is 10. The predicted octanol–water partition coefficient (Wildman–Crippen LogP) is 3.91. The van der Waals surface area contributed by atoms with Gasteiger partial charge in [0.25, 0.3) is 11.7 Å². The summed E-state index contributed by atoms with van der Waals surface area (Å²) < 4.78 is 24.0. The number of likely N-dealkylation sites (tertiary alicyclic amines) is 1. The molecule has 1 saturated heterocycles. The molecule has 2 aromatic rings. The van der Waals surface area contributed by atoms with Gasteiger partial charge in [0.15, 0.2) is 11.5 Å². The molecule has 34 heavy (non-hydrogen) atoms. The van der Waals surface area contributed by atoms with Crippen molar-refractivity contribution in [3.8, 4) is 11.5 Å². The molecule has 1 atom stereocenters. The van der Waals surface area contributed by atoms with Crippen molar-refractivity contribution < 1.29 is 38.5 Å². The minimum atomic E-state index is -0.913. The molecule has 0 spiro atoms. The van der Waals surface area contributed by atoms with Crippen LogP contribution in [0, 0.1) is 5.82 Å². The fraction of sp³-hybridized carbons (Fsp3) is 0.320. The van der Waals surface area contributed by atoms with Gasteiger partial charge in [0.1, 0.15) is 11.6 Å². The zero-order valence-electron chi connectivity index (χ0n) is 18.9. The summed E-state index contributed by atoms with van der Waals surface area (Å²) in [6, 6.07) is 8.99. The zero-order valence-corrected chi connectivity index (χ0v) is 18.9. The predicted molar refractivity (Wildman–Crippen MR) is 121 cm³/mol. The fourth-order valence-corrected chi connectivity index (χ4v) is 3.98. The molecule has 1 aliphatic heterocycles. The van der Waals surface area contributed by atoms with Crippen LogP contribution < -0.4 is 9.47 Å². The molecule has 0 aliphatic carbocycles. The number of carbonyl (C=O) groups excluding carboxylic acids is 2. The molecule has 0 saturated carbocycles. The number of aliphatic hydroxyl groups excluding tert-OH is 1. The zero-order chi connectivity index (χ0) is 24.8. The highest BCUT2D eigenvalue weighted by atomic mass is 19.1. The number of unbranched alkanes of at least 4 members (excludes halogenated alkanes) is 2. The van der Waals surface area contributed by atoms with Crippen LogP contribution in [0.2, 0.25) is 0 Å². The first kappa shape index (κ1) is 24.8. The van der Waals surface area contributed by atoms with Crippen molar-refractivity contribution in [2.75, 3.05) is 20.8 Å². The van der Waals surface area contributed by atoms with Crippen LogP contribution in [0.5, 0.6) is 11.5 Å². The lowest BCUT2D eigenvalue weighted by atomic mass is 9.95. The average Bonchev–Trinajstić information content (AvgIpc) is 3.08. The molecule has 0 bridgehead atoms. The van der Waals surface area contributed by atoms with Crippen LogP contribution in [0.1, 0.15) is 42.9 Å². The summed E-state index contributed by atoms with van der Waals surface area (Å²) in [5, 5.41) is 19.8. The molecule has 2 N–H and O–H groups in total. The number of Topliss-reactive ketones (excluding diaryl/α,β-unsaturated/α-hetero) is 1. The van der Waals surface area contributed by atoms with Gasteiger partial charge in [-0.2, -0.15) is 0 Å². The number of ketones is 1. The van der Waals surface area contributed by atoms with E-state index in [1.54, 1.807) is 18.2 Å². The van der Waals surface area contributed by atoms with Crippen LogP contribution in [0.4, 0.5) is 4.39 Å². The van der Waals surface area contributed by atoms with E-state index in [9.17, 15) is 23.9 Å². The van der Waals surface area contributed by atoms with Crippen LogP contribution >= 0.6 is 0 Å². The Morgan fingerprint density at radius 2 is 1.65 bits per heavy atom. The summed E-state index contributed by atoms with van der Waals surface area (Å²) in [6.45, 7) is 0.184. The Bertz CT molecular complexity index is 1110. The maximum absolute atomic E-state index is 13.4. The van der Waals surface area contributed by atoms with Crippen molar-refractivity contribution in [3.63, 3.8) is 0 Å². The molecule has 180 valence electrons. The second kappa shape index (κ2) is 10.8. The number of hydrogen-bond donors (Lipinski definition) is 2. The lowest BCUT2D eigenvalue weighted by Gasteiger charge is -2.26. The first-order valence-corrected chi connectivity index (χ1v) is 10.8. The number of aliphatic hydroxyl groups is 1. The summed E-state index contributed by atoms with van der Waals surface area (Å²) in [7, 11) is 2.94. The highest BCUT2D eigenvalue weighted by Gasteiger charge is 2.46. The maximum Gasteiger partial charge on any atom is 0.303 e. The molecule has 8 nitrogen and oxygen atoms in total. The number of benzene rings is 2. The van der Waals surface area contributed by atoms with Gasteiger partial charge in [-0.25, -0.2) is 4.39 Å². The third kappa shape index (κ3) is 5.19. The van der Waals surface area contributed by atoms with E-state index in [2.05, 4.69) is 0 Å². The van der Waals surface area contributed by atoms with Crippen LogP contribution in [0.3, 0.4) is 0 Å². The second-order valence-electron chi connectivity index (χ2n) is 7.82. The lowest BCUT2D eigenvalue weighted by molar-refractivity contribution is -0.140. The molecule has 0 aromatic heterocycles. The van der Waals surface area contributed by atoms with Crippen LogP contribution in [0.15, 0.2) is 48.0 Å². The van der Waals surface area contributed by atoms with Crippen molar-refractivity contribution in [3.05, 3.63) is 65.0 Å². The first-order valence-electron chi connectivity index (χ1n) is 10.8. The Morgan fingerprint density at radius 1 is 0.971 bits per heavy atom. The van der Waals surface area contributed by atoms with Gasteiger partial charge in [0.2, 0.25) is 0 Å². The normalized spacial score (nSPS) is 17.1. The molecule has 2 aromatic carbocycles. The van der Waals surface area contributed by atoms with Crippen molar-refractivity contribution in [1.29, 1.82) is 0 Å². The summed E-state index contributed by atoms with van der Waals surface area (Å²) in [6.07, 6.45) is 1.48. The maximum atomic E-state index is 13.4. The molecule has 9 heteroatoms. The van der Waals surface area contributed by atoms with E-state index < -0.39 is 35.3 Å². The van der Waals surface area contributed by atoms with E-state index in [0.717, 1.165) is 12.1 Å². The molecule has 1 aliphatic rings. The van der Waals surface area contributed by atoms with Gasteiger partial charge in [-0.15, -0.1) is 0 Å². The first-order chi connectivity index (χ1) is 16.3. The van der Waals surface area contributed by atoms with E-state index in [-0.39, 0.29) is 24.1 Å². The number of amides is 1. The second-order valence-corrected chi connectivity index (χ2v) is 7.82. The van der Waals surface area contributed by atoms with Crippen LogP contribution in [-0.4, -0.2) is 53.5 Å². The Hall–Kier alpha value is -3.88. The third-order valence-electron chi connectivity index (χ3n) is 5.67. The summed E-state index contributed by atoms with van der Waals surface area (Å²) in [4.78, 5) is 38.1. The number of carbonyl (C=O) groups is 3. The standard InChI is InChI=1S/C25H26FNO7/c1-33-18-12-9-16(14-19(18)34-2)22-21(23(30)15-7-10-17(26)11-8-15)24(31)25(32)27(22)13-5-3-4-6-20(28)29/h7-12,14,22,30H,3-6,13H2,1-2H3,(H,28,29)/t22-/m0/s1. The Balaban J connectivity index is 2.04. The molecule has 1 fully saturated rings. The molecule has 1 amide bonds. The molecule has 3 rings (SSSR count). The van der Waals surface area contributed by atoms with Gasteiger partial charge in [-0.05, 0) is 54.8 Å². The van der Waals surface area contributed by atoms with E-state index in [1.807, 2.05) is 0 Å². The number of methoxy groups -OCH3 is 2. The summed E-state index contributed by atoms with van der Waals surface area (Å²) >= 11 is 0. The Labute approximate surface area is 196 Å². The van der Waals surface area contributed by atoms with Crippen molar-refractivity contribution in [2.24, 2.45) is 0 Å². The topological polar surface area (TPSA) is 113 Å². The highest BCUT2D eigenvalue weighted by Crippen LogP contribution is 2.42. The monoisotopic (exact) mass is 471 g/mol. The van der Waals surface area contributed by atoms with E-state index in [4.69, 9.17) is 14.6 Å². The summed E-state index contributed by atoms with van der Waals surface area (Å²) in [5.41, 5.74) is 0.603. The number of aliphatic carboxylic acids is 1. The number of halogens is 1. The van der Waals surface area contributed by atoms with E-state index in [1.165, 1.54) is 31.3 Å². The van der Waals surface area contributed by atoms with E-state index >= 15 is 0 Å². The van der Waals surface area contributed by atoms with Gasteiger partial charge in [0, 0.05) is 18.5 Å². The van der Waals surface area contributed by atoms with Crippen molar-refractivity contribution in [1.82, 2.24) is 4.90 Å². The van der Waals surface area contributed by atoms with Crippen LogP contribution in [-0.2, 0) is 14.4 Å². The Kier molecular flexibility index (Phi) is 7.88. The van der Waals surface area contributed by atoms with Crippen molar-refractivity contribution in [2.45, 2.75) is 31.7 Å². The molecular formula is C25H26FNO7. The van der Waals surface area contributed by atoms with Crippen LogP contribution in [0.25, 0.3) is 5.76 Å². The minimum absolute atomic E-state index is 0.0164. The number of nitrogens with zero attached hydrogens (tertiary/aromatic N) is 1. The quantitative estimate of drug-likeness (QED) is 0.234. The minimum Gasteiger partial charge on any atom is -0.507 e. The molecule has 0 unspecified atom stereocenters. The van der Waals surface area contributed by atoms with Gasteiger partial charge in [-0.1, -0.05) is 12.5 Å². The van der Waals surface area contributed by atoms with Crippen molar-refractivity contribution >= 4 is 23.4 Å². The van der Waals surface area contributed by atoms with Gasteiger partial charge in [-0.3, -0.25) is 14.4 Å². The largest absolute Gasteiger partial charge is 0.507 e. The highest BCUT2D eigenvalue weighted by molar-refractivity contribution is 6.46. The number of hydrogen-bond acceptors (Lipinski definition) is 6. The molecule has 1 heterocycles. The fourth-order valence-electron chi connectivity index (χ4n) is 3.98. The average molecular weight is 471 g/mol. The SMILES string of the molecule is COc1ccc([C@H]2C(=C(O)c3ccc(F)cc3)C(=O)C(=O)N2CCCCCC(=O)O)cc1OC. The smallest absolute Gasteiger partial charge is 0.303 e. The van der Waals surface area contributed by atoms with Gasteiger partial charge in [0.05, 0.1) is 25.8 Å².